The van der Waals surface area contributed by atoms with E-state index < -0.39 is 0 Å². The Bertz CT molecular complexity index is 809. The first-order valence-corrected chi connectivity index (χ1v) is 8.85. The van der Waals surface area contributed by atoms with Crippen molar-refractivity contribution >= 4 is 17.5 Å². The van der Waals surface area contributed by atoms with Crippen LogP contribution >= 0.6 is 0 Å². The highest BCUT2D eigenvalue weighted by Crippen LogP contribution is 2.29. The summed E-state index contributed by atoms with van der Waals surface area (Å²) in [7, 11) is 1.91. The summed E-state index contributed by atoms with van der Waals surface area (Å²) in [5.41, 5.74) is 3.70. The number of carbonyl (C=O) groups excluding carboxylic acids is 2. The van der Waals surface area contributed by atoms with Crippen molar-refractivity contribution in [3.8, 4) is 0 Å². The fourth-order valence-electron chi connectivity index (χ4n) is 3.77. The maximum Gasteiger partial charge on any atom is 0.251 e. The zero-order valence-corrected chi connectivity index (χ0v) is 14.4. The number of anilines is 1. The Hall–Kier alpha value is -2.63. The van der Waals surface area contributed by atoms with Crippen LogP contribution < -0.4 is 10.2 Å². The summed E-state index contributed by atoms with van der Waals surface area (Å²) in [5.74, 6) is 0.0736. The van der Waals surface area contributed by atoms with Gasteiger partial charge in [0.25, 0.3) is 5.91 Å². The first-order chi connectivity index (χ1) is 12.1. The van der Waals surface area contributed by atoms with E-state index >= 15 is 0 Å². The second kappa shape index (κ2) is 6.35. The summed E-state index contributed by atoms with van der Waals surface area (Å²) in [4.78, 5) is 26.2. The molecule has 0 radical (unpaired) electrons. The first-order valence-electron chi connectivity index (χ1n) is 8.85. The van der Waals surface area contributed by atoms with Crippen LogP contribution in [0, 0.1) is 0 Å². The number of hydrogen-bond acceptors (Lipinski definition) is 3. The van der Waals surface area contributed by atoms with E-state index in [0.717, 1.165) is 49.2 Å². The van der Waals surface area contributed by atoms with Gasteiger partial charge in [0.15, 0.2) is 0 Å². The number of carbonyl (C=O) groups is 2. The summed E-state index contributed by atoms with van der Waals surface area (Å²) < 4.78 is 1.82. The highest BCUT2D eigenvalue weighted by molar-refractivity contribution is 5.97. The molecule has 2 aromatic rings. The van der Waals surface area contributed by atoms with Gasteiger partial charge in [-0.15, -0.1) is 0 Å². The van der Waals surface area contributed by atoms with Crippen LogP contribution in [0.3, 0.4) is 0 Å². The Morgan fingerprint density at radius 2 is 2.00 bits per heavy atom. The quantitative estimate of drug-likeness (QED) is 0.934. The zero-order valence-electron chi connectivity index (χ0n) is 14.4. The molecule has 1 aromatic carbocycles. The molecule has 1 N–H and O–H groups in total. The minimum atomic E-state index is -0.0824. The molecule has 130 valence electrons. The number of fused-ring (bicyclic) bond motifs is 1. The number of aryl methyl sites for hydroxylation is 2. The van der Waals surface area contributed by atoms with Crippen LogP contribution in [-0.4, -0.2) is 28.1 Å². The molecule has 1 aromatic heterocycles. The van der Waals surface area contributed by atoms with Gasteiger partial charge >= 0.3 is 0 Å². The molecule has 0 saturated carbocycles. The SMILES string of the molecule is Cn1cc2c(n1)CCCC2NC(=O)c1ccc(N2CCCC2=O)cc1. The molecule has 0 spiro atoms. The largest absolute Gasteiger partial charge is 0.345 e. The highest BCUT2D eigenvalue weighted by atomic mass is 16.2. The Kier molecular flexibility index (Phi) is 4.03. The maximum absolute atomic E-state index is 12.6. The molecular weight excluding hydrogens is 316 g/mol. The van der Waals surface area contributed by atoms with Gasteiger partial charge in [-0.1, -0.05) is 0 Å². The lowest BCUT2D eigenvalue weighted by Gasteiger charge is -2.23. The highest BCUT2D eigenvalue weighted by Gasteiger charge is 2.25. The summed E-state index contributed by atoms with van der Waals surface area (Å²) in [6, 6.07) is 7.32. The lowest BCUT2D eigenvalue weighted by Crippen LogP contribution is -2.30. The Morgan fingerprint density at radius 1 is 1.20 bits per heavy atom. The molecule has 0 bridgehead atoms. The van der Waals surface area contributed by atoms with E-state index in [4.69, 9.17) is 0 Å². The van der Waals surface area contributed by atoms with Crippen molar-refractivity contribution in [3.63, 3.8) is 0 Å². The summed E-state index contributed by atoms with van der Waals surface area (Å²) in [5, 5.41) is 7.60. The van der Waals surface area contributed by atoms with Crippen LogP contribution in [0.5, 0.6) is 0 Å². The van der Waals surface area contributed by atoms with Crippen molar-refractivity contribution in [3.05, 3.63) is 47.3 Å². The molecule has 4 rings (SSSR count). The van der Waals surface area contributed by atoms with Gasteiger partial charge in [-0.2, -0.15) is 5.10 Å². The van der Waals surface area contributed by atoms with Gasteiger partial charge in [-0.05, 0) is 49.9 Å². The third-order valence-electron chi connectivity index (χ3n) is 5.04. The molecule has 1 fully saturated rings. The molecular formula is C19H22N4O2. The molecule has 6 nitrogen and oxygen atoms in total. The van der Waals surface area contributed by atoms with Crippen molar-refractivity contribution in [2.24, 2.45) is 7.05 Å². The number of nitrogens with one attached hydrogen (secondary N) is 1. The molecule has 25 heavy (non-hydrogen) atoms. The molecule has 1 unspecified atom stereocenters. The number of benzene rings is 1. The van der Waals surface area contributed by atoms with Gasteiger partial charge in [-0.3, -0.25) is 14.3 Å². The molecule has 6 heteroatoms. The van der Waals surface area contributed by atoms with Gasteiger partial charge < -0.3 is 10.2 Å². The second-order valence-electron chi connectivity index (χ2n) is 6.82. The number of rotatable bonds is 3. The standard InChI is InChI=1S/C19H22N4O2/c1-22-12-15-16(4-2-5-17(15)21-22)20-19(25)13-7-9-14(10-8-13)23-11-3-6-18(23)24/h7-10,12,16H,2-6,11H2,1H3,(H,20,25). The van der Waals surface area contributed by atoms with E-state index in [1.165, 1.54) is 0 Å². The van der Waals surface area contributed by atoms with Crippen molar-refractivity contribution in [2.45, 2.75) is 38.1 Å². The third-order valence-corrected chi connectivity index (χ3v) is 5.04. The van der Waals surface area contributed by atoms with Crippen molar-refractivity contribution < 1.29 is 9.59 Å². The second-order valence-corrected chi connectivity index (χ2v) is 6.82. The number of amides is 2. The van der Waals surface area contributed by atoms with Crippen LogP contribution in [-0.2, 0) is 18.3 Å². The first kappa shape index (κ1) is 15.9. The maximum atomic E-state index is 12.6. The molecule has 2 aliphatic rings. The fourth-order valence-corrected chi connectivity index (χ4v) is 3.77. The third kappa shape index (κ3) is 3.04. The predicted octanol–water partition coefficient (Wildman–Crippen LogP) is 2.35. The summed E-state index contributed by atoms with van der Waals surface area (Å²) in [6.45, 7) is 0.760. The molecule has 2 amide bonds. The minimum Gasteiger partial charge on any atom is -0.345 e. The Morgan fingerprint density at radius 3 is 2.72 bits per heavy atom. The minimum absolute atomic E-state index is 0.0183. The number of aromatic nitrogens is 2. The average Bonchev–Trinajstić information content (AvgIpc) is 3.20. The summed E-state index contributed by atoms with van der Waals surface area (Å²) >= 11 is 0. The molecule has 1 aliphatic heterocycles. The number of hydrogen-bond donors (Lipinski definition) is 1. The van der Waals surface area contributed by atoms with E-state index in [1.807, 2.05) is 30.1 Å². The van der Waals surface area contributed by atoms with Crippen LogP contribution in [0.1, 0.15) is 53.3 Å². The monoisotopic (exact) mass is 338 g/mol. The van der Waals surface area contributed by atoms with E-state index in [0.29, 0.717) is 12.0 Å². The molecule has 1 aliphatic carbocycles. The van der Waals surface area contributed by atoms with Gasteiger partial charge in [0.2, 0.25) is 5.91 Å². The van der Waals surface area contributed by atoms with Crippen LogP contribution in [0.25, 0.3) is 0 Å². The van der Waals surface area contributed by atoms with E-state index in [9.17, 15) is 9.59 Å². The van der Waals surface area contributed by atoms with E-state index in [2.05, 4.69) is 10.4 Å². The summed E-state index contributed by atoms with van der Waals surface area (Å²) in [6.07, 6.45) is 6.45. The van der Waals surface area contributed by atoms with Gasteiger partial charge in [0, 0.05) is 43.0 Å². The average molecular weight is 338 g/mol. The number of nitrogens with zero attached hydrogens (tertiary/aromatic N) is 3. The molecule has 2 heterocycles. The fraction of sp³-hybridized carbons (Fsp3) is 0.421. The van der Waals surface area contributed by atoms with Crippen molar-refractivity contribution in [1.29, 1.82) is 0 Å². The zero-order chi connectivity index (χ0) is 17.4. The van der Waals surface area contributed by atoms with Crippen LogP contribution in [0.15, 0.2) is 30.5 Å². The lowest BCUT2D eigenvalue weighted by atomic mass is 9.93. The Labute approximate surface area is 146 Å². The molecule has 1 saturated heterocycles. The van der Waals surface area contributed by atoms with E-state index in [-0.39, 0.29) is 17.9 Å². The molecule has 1 atom stereocenters. The van der Waals surface area contributed by atoms with Crippen molar-refractivity contribution in [2.75, 3.05) is 11.4 Å². The Balaban J connectivity index is 1.47. The topological polar surface area (TPSA) is 67.2 Å². The van der Waals surface area contributed by atoms with Crippen molar-refractivity contribution in [1.82, 2.24) is 15.1 Å². The van der Waals surface area contributed by atoms with Crippen LogP contribution in [0.2, 0.25) is 0 Å². The predicted molar refractivity (Wildman–Crippen MR) is 94.4 cm³/mol. The van der Waals surface area contributed by atoms with Gasteiger partial charge in [0.05, 0.1) is 11.7 Å². The lowest BCUT2D eigenvalue weighted by molar-refractivity contribution is -0.117. The van der Waals surface area contributed by atoms with Gasteiger partial charge in [0.1, 0.15) is 0 Å². The van der Waals surface area contributed by atoms with Crippen LogP contribution in [0.4, 0.5) is 5.69 Å². The van der Waals surface area contributed by atoms with E-state index in [1.54, 1.807) is 17.0 Å². The normalized spacial score (nSPS) is 19.8. The van der Waals surface area contributed by atoms with Gasteiger partial charge in [-0.25, -0.2) is 0 Å². The smallest absolute Gasteiger partial charge is 0.251 e.